The van der Waals surface area contributed by atoms with Crippen LogP contribution in [0.15, 0.2) is 30.3 Å². The van der Waals surface area contributed by atoms with Crippen LogP contribution in [0.3, 0.4) is 0 Å². The summed E-state index contributed by atoms with van der Waals surface area (Å²) in [6.45, 7) is 1.85. The van der Waals surface area contributed by atoms with Crippen LogP contribution in [0, 0.1) is 0 Å². The van der Waals surface area contributed by atoms with Crippen LogP contribution in [-0.4, -0.2) is 36.8 Å². The summed E-state index contributed by atoms with van der Waals surface area (Å²) in [5.74, 6) is -0.0617. The van der Waals surface area contributed by atoms with Gasteiger partial charge in [-0.05, 0) is 5.56 Å². The average molecular weight is 273 g/mol. The van der Waals surface area contributed by atoms with Crippen LogP contribution in [0.2, 0.25) is 0 Å². The number of carbonyl (C=O) groups excluding carboxylic acids is 1. The van der Waals surface area contributed by atoms with Gasteiger partial charge in [0, 0.05) is 0 Å². The summed E-state index contributed by atoms with van der Waals surface area (Å²) in [5.41, 5.74) is 4.81. The summed E-state index contributed by atoms with van der Waals surface area (Å²) in [6.07, 6.45) is 0. The van der Waals surface area contributed by atoms with E-state index >= 15 is 0 Å². The minimum Gasteiger partial charge on any atom is -1.00 e. The van der Waals surface area contributed by atoms with Gasteiger partial charge in [0.15, 0.2) is 6.04 Å². The number of hydrogen-bond donors (Lipinski definition) is 1. The Morgan fingerprint density at radius 2 is 2.11 bits per heavy atom. The van der Waals surface area contributed by atoms with Crippen molar-refractivity contribution in [1.82, 2.24) is 5.06 Å². The quantitative estimate of drug-likeness (QED) is 0.568. The molecule has 0 saturated carbocycles. The second kappa shape index (κ2) is 7.33. The maximum atomic E-state index is 11.5. The van der Waals surface area contributed by atoms with Crippen molar-refractivity contribution >= 4 is 5.91 Å². The molecule has 3 N–H and O–H groups in total. The van der Waals surface area contributed by atoms with Crippen molar-refractivity contribution in [1.29, 1.82) is 0 Å². The monoisotopic (exact) mass is 272 g/mol. The van der Waals surface area contributed by atoms with E-state index in [4.69, 9.17) is 9.57 Å². The fourth-order valence-electron chi connectivity index (χ4n) is 1.60. The summed E-state index contributed by atoms with van der Waals surface area (Å²) in [5, 5.41) is 1.34. The Morgan fingerprint density at radius 3 is 2.72 bits per heavy atom. The first-order chi connectivity index (χ1) is 8.27. The van der Waals surface area contributed by atoms with E-state index in [0.29, 0.717) is 26.4 Å². The van der Waals surface area contributed by atoms with E-state index in [1.807, 2.05) is 30.3 Å². The third-order valence-corrected chi connectivity index (χ3v) is 2.58. The Morgan fingerprint density at radius 1 is 1.39 bits per heavy atom. The van der Waals surface area contributed by atoms with Crippen LogP contribution < -0.4 is 18.1 Å². The maximum absolute atomic E-state index is 11.5. The molecule has 0 aliphatic carbocycles. The van der Waals surface area contributed by atoms with E-state index in [1.54, 1.807) is 0 Å². The average Bonchev–Trinajstić information content (AvgIpc) is 2.67. The Balaban J connectivity index is 0.00000162. The van der Waals surface area contributed by atoms with E-state index in [0.717, 1.165) is 5.56 Å². The lowest BCUT2D eigenvalue weighted by Crippen LogP contribution is -3.00. The summed E-state index contributed by atoms with van der Waals surface area (Å²) in [6, 6.07) is 9.64. The molecule has 18 heavy (non-hydrogen) atoms. The first-order valence-corrected chi connectivity index (χ1v) is 5.66. The second-order valence-corrected chi connectivity index (χ2v) is 3.97. The molecule has 1 aliphatic heterocycles. The molecule has 1 aromatic rings. The lowest BCUT2D eigenvalue weighted by molar-refractivity contribution is -0.402. The highest BCUT2D eigenvalue weighted by atomic mass is 35.5. The Hall–Kier alpha value is -1.14. The number of benzene rings is 1. The molecule has 6 heteroatoms. The lowest BCUT2D eigenvalue weighted by Gasteiger charge is -2.13. The number of hydroxylamine groups is 2. The molecule has 1 unspecified atom stereocenters. The van der Waals surface area contributed by atoms with Gasteiger partial charge in [0.25, 0.3) is 0 Å². The number of carbonyl (C=O) groups is 1. The first kappa shape index (κ1) is 14.9. The van der Waals surface area contributed by atoms with Crippen molar-refractivity contribution in [2.24, 2.45) is 0 Å². The zero-order valence-electron chi connectivity index (χ0n) is 10.0. The Bertz CT molecular complexity index is 375. The van der Waals surface area contributed by atoms with Crippen molar-refractivity contribution < 1.29 is 32.5 Å². The molecular weight excluding hydrogens is 256 g/mol. The van der Waals surface area contributed by atoms with Gasteiger partial charge < -0.3 is 22.9 Å². The normalized spacial score (nSPS) is 18.8. The topological polar surface area (TPSA) is 66.4 Å². The highest BCUT2D eigenvalue weighted by molar-refractivity contribution is 5.80. The van der Waals surface area contributed by atoms with Crippen molar-refractivity contribution in [3.05, 3.63) is 35.9 Å². The third kappa shape index (κ3) is 3.96. The summed E-state index contributed by atoms with van der Waals surface area (Å²) in [7, 11) is 0. The number of hydrogen-bond acceptors (Lipinski definition) is 3. The number of rotatable bonds is 5. The van der Waals surface area contributed by atoms with Crippen molar-refractivity contribution in [2.75, 3.05) is 19.8 Å². The van der Waals surface area contributed by atoms with Crippen LogP contribution in [0.1, 0.15) is 5.56 Å². The van der Waals surface area contributed by atoms with Gasteiger partial charge in [0.1, 0.15) is 6.61 Å². The molecule has 1 fully saturated rings. The summed E-state index contributed by atoms with van der Waals surface area (Å²) >= 11 is 0. The van der Waals surface area contributed by atoms with Crippen LogP contribution in [0.25, 0.3) is 0 Å². The van der Waals surface area contributed by atoms with Crippen LogP contribution in [0.5, 0.6) is 0 Å². The highest BCUT2D eigenvalue weighted by Gasteiger charge is 2.32. The van der Waals surface area contributed by atoms with E-state index < -0.39 is 0 Å². The predicted octanol–water partition coefficient (Wildman–Crippen LogP) is -3.41. The molecule has 1 heterocycles. The van der Waals surface area contributed by atoms with Gasteiger partial charge in [0.05, 0.1) is 19.8 Å². The van der Waals surface area contributed by atoms with Gasteiger partial charge in [-0.1, -0.05) is 30.3 Å². The van der Waals surface area contributed by atoms with E-state index in [9.17, 15) is 4.79 Å². The Labute approximate surface area is 112 Å². The minimum absolute atomic E-state index is 0. The molecule has 1 aliphatic rings. The molecular formula is C12H17ClN2O3. The molecule has 0 bridgehead atoms. The fourth-order valence-corrected chi connectivity index (χ4v) is 1.60. The summed E-state index contributed by atoms with van der Waals surface area (Å²) in [4.78, 5) is 16.6. The van der Waals surface area contributed by atoms with E-state index in [2.05, 4.69) is 5.73 Å². The van der Waals surface area contributed by atoms with Crippen LogP contribution in [-0.2, 0) is 21.0 Å². The van der Waals surface area contributed by atoms with Gasteiger partial charge in [-0.15, -0.1) is 0 Å². The molecule has 100 valence electrons. The largest absolute Gasteiger partial charge is 1.00 e. The Kier molecular flexibility index (Phi) is 6.07. The maximum Gasteiger partial charge on any atom is 0.306 e. The number of ether oxygens (including phenoxy) is 1. The number of amides is 1. The molecule has 5 nitrogen and oxygen atoms in total. The molecule has 2 rings (SSSR count). The first-order valence-electron chi connectivity index (χ1n) is 5.66. The number of halogens is 1. The molecule has 1 amide bonds. The smallest absolute Gasteiger partial charge is 0.306 e. The van der Waals surface area contributed by atoms with Crippen LogP contribution >= 0.6 is 0 Å². The second-order valence-electron chi connectivity index (χ2n) is 3.97. The van der Waals surface area contributed by atoms with Gasteiger partial charge in [-0.25, -0.2) is 5.06 Å². The minimum atomic E-state index is -0.274. The molecule has 0 radical (unpaired) electrons. The predicted molar refractivity (Wildman–Crippen MR) is 60.4 cm³/mol. The van der Waals surface area contributed by atoms with Gasteiger partial charge in [0.2, 0.25) is 0 Å². The standard InChI is InChI=1S/C12H16N2O3.ClH/c13-11-9-17-14(12(11)15)6-7-16-8-10-4-2-1-3-5-10;/h1-5,11H,6-9,13H2;1H. The van der Waals surface area contributed by atoms with Crippen LogP contribution in [0.4, 0.5) is 0 Å². The van der Waals surface area contributed by atoms with E-state index in [-0.39, 0.29) is 24.4 Å². The molecule has 1 saturated heterocycles. The highest BCUT2D eigenvalue weighted by Crippen LogP contribution is 2.05. The third-order valence-electron chi connectivity index (χ3n) is 2.58. The zero-order valence-corrected chi connectivity index (χ0v) is 10.8. The van der Waals surface area contributed by atoms with Crippen molar-refractivity contribution in [2.45, 2.75) is 12.6 Å². The molecule has 0 spiro atoms. The molecule has 1 atom stereocenters. The van der Waals surface area contributed by atoms with Gasteiger partial charge in [-0.3, -0.25) is 9.63 Å². The zero-order chi connectivity index (χ0) is 12.1. The number of quaternary nitrogens is 1. The van der Waals surface area contributed by atoms with E-state index in [1.165, 1.54) is 5.06 Å². The van der Waals surface area contributed by atoms with Gasteiger partial charge >= 0.3 is 5.91 Å². The lowest BCUT2D eigenvalue weighted by atomic mass is 10.2. The summed E-state index contributed by atoms with van der Waals surface area (Å²) < 4.78 is 5.47. The van der Waals surface area contributed by atoms with Crippen molar-refractivity contribution in [3.8, 4) is 0 Å². The van der Waals surface area contributed by atoms with Crippen molar-refractivity contribution in [3.63, 3.8) is 0 Å². The molecule has 1 aromatic carbocycles. The molecule has 0 aromatic heterocycles. The fraction of sp³-hybridized carbons (Fsp3) is 0.417. The van der Waals surface area contributed by atoms with Gasteiger partial charge in [-0.2, -0.15) is 0 Å². The number of nitrogens with zero attached hydrogens (tertiary/aromatic N) is 1. The SMILES string of the molecule is [Cl-].[NH3+]C1CON(CCOCc2ccccc2)C1=O.